The van der Waals surface area contributed by atoms with Crippen LogP contribution in [-0.4, -0.2) is 0 Å². The average molecular weight is 264 g/mol. The minimum atomic E-state index is 0.225. The first-order valence-corrected chi connectivity index (χ1v) is 6.98. The van der Waals surface area contributed by atoms with Crippen molar-refractivity contribution in [1.82, 2.24) is 0 Å². The van der Waals surface area contributed by atoms with E-state index in [2.05, 4.69) is 63.6 Å². The van der Waals surface area contributed by atoms with Gasteiger partial charge in [-0.25, -0.2) is 0 Å². The number of rotatable bonds is 5. The molecule has 20 heavy (non-hydrogen) atoms. The highest BCUT2D eigenvalue weighted by Crippen LogP contribution is 2.23. The van der Waals surface area contributed by atoms with Crippen LogP contribution in [0.15, 0.2) is 55.2 Å². The van der Waals surface area contributed by atoms with Gasteiger partial charge in [0.1, 0.15) is 0 Å². The molecule has 0 fully saturated rings. The molecule has 0 nitrogen and oxygen atoms in total. The van der Waals surface area contributed by atoms with Crippen molar-refractivity contribution < 1.29 is 0 Å². The molecule has 1 rings (SSSR count). The normalized spacial score (nSPS) is 11.2. The maximum atomic E-state index is 3.97. The Morgan fingerprint density at radius 3 is 2.65 bits per heavy atom. The van der Waals surface area contributed by atoms with Crippen molar-refractivity contribution in [2.75, 3.05) is 0 Å². The van der Waals surface area contributed by atoms with Crippen molar-refractivity contribution in [2.45, 2.75) is 39.5 Å². The zero-order chi connectivity index (χ0) is 15.1. The molecule has 104 valence electrons. The lowest BCUT2D eigenvalue weighted by molar-refractivity contribution is 0.963. The van der Waals surface area contributed by atoms with E-state index in [4.69, 9.17) is 0 Å². The summed E-state index contributed by atoms with van der Waals surface area (Å²) in [7, 11) is 0. The first-order chi connectivity index (χ1) is 9.47. The largest absolute Gasteiger partial charge is 0.103 e. The maximum Gasteiger partial charge on any atom is 0.0427 e. The molecule has 0 saturated heterocycles. The summed E-state index contributed by atoms with van der Waals surface area (Å²) < 4.78 is 0. The van der Waals surface area contributed by atoms with Crippen LogP contribution < -0.4 is 0 Å². The number of allylic oxidation sites excluding steroid dienone is 3. The summed E-state index contributed by atoms with van der Waals surface area (Å²) in [5, 5.41) is 0. The van der Waals surface area contributed by atoms with Crippen molar-refractivity contribution in [1.29, 1.82) is 0 Å². The van der Waals surface area contributed by atoms with E-state index in [1.54, 1.807) is 0 Å². The number of aryl methyl sites for hydroxylation is 1. The van der Waals surface area contributed by atoms with Crippen molar-refractivity contribution in [3.8, 4) is 11.8 Å². The van der Waals surface area contributed by atoms with E-state index < -0.39 is 0 Å². The zero-order valence-corrected chi connectivity index (χ0v) is 12.9. The summed E-state index contributed by atoms with van der Waals surface area (Å²) in [6.07, 6.45) is 3.55. The molecular weight excluding hydrogens is 240 g/mol. The third-order valence-corrected chi connectivity index (χ3v) is 3.49. The molecule has 0 saturated carbocycles. The molecule has 0 radical (unpaired) electrons. The fraction of sp³-hybridized carbons (Fsp3) is 0.300. The molecule has 0 aromatic heterocycles. The van der Waals surface area contributed by atoms with E-state index in [0.717, 1.165) is 17.6 Å². The minimum absolute atomic E-state index is 0.225. The van der Waals surface area contributed by atoms with Crippen molar-refractivity contribution in [3.05, 3.63) is 71.8 Å². The molecule has 0 heteroatoms. The summed E-state index contributed by atoms with van der Waals surface area (Å²) in [6.45, 7) is 18.0. The molecule has 0 spiro atoms. The van der Waals surface area contributed by atoms with Gasteiger partial charge in [0.25, 0.3) is 0 Å². The maximum absolute atomic E-state index is 3.97. The summed E-state index contributed by atoms with van der Waals surface area (Å²) in [5.41, 5.74) is 5.99. The van der Waals surface area contributed by atoms with Crippen LogP contribution in [0.5, 0.6) is 0 Å². The number of hydrogen-bond acceptors (Lipinski definition) is 0. The topological polar surface area (TPSA) is 0 Å². The Labute approximate surface area is 123 Å². The predicted molar refractivity (Wildman–Crippen MR) is 89.8 cm³/mol. The second kappa shape index (κ2) is 7.56. The molecule has 0 amide bonds. The van der Waals surface area contributed by atoms with Gasteiger partial charge in [0, 0.05) is 12.3 Å². The average Bonchev–Trinajstić information content (AvgIpc) is 2.40. The van der Waals surface area contributed by atoms with Crippen LogP contribution >= 0.6 is 0 Å². The Hall–Kier alpha value is -2.00. The quantitative estimate of drug-likeness (QED) is 0.382. The molecule has 0 unspecified atom stereocenters. The first kappa shape index (κ1) is 16.1. The van der Waals surface area contributed by atoms with Gasteiger partial charge in [0.2, 0.25) is 0 Å². The van der Waals surface area contributed by atoms with Gasteiger partial charge in [-0.1, -0.05) is 54.8 Å². The Kier molecular flexibility index (Phi) is 6.07. The molecule has 0 aliphatic rings. The molecule has 1 aromatic carbocycles. The highest BCUT2D eigenvalue weighted by molar-refractivity contribution is 5.41. The van der Waals surface area contributed by atoms with Crippen LogP contribution in [-0.2, 0) is 6.42 Å². The van der Waals surface area contributed by atoms with Crippen LogP contribution in [0.25, 0.3) is 0 Å². The lowest BCUT2D eigenvalue weighted by Gasteiger charge is -2.13. The van der Waals surface area contributed by atoms with Gasteiger partial charge >= 0.3 is 0 Å². The van der Waals surface area contributed by atoms with Crippen molar-refractivity contribution in [3.63, 3.8) is 0 Å². The summed E-state index contributed by atoms with van der Waals surface area (Å²) in [5.74, 6) is 6.77. The third kappa shape index (κ3) is 4.28. The molecule has 0 N–H and O–H groups in total. The van der Waals surface area contributed by atoms with Gasteiger partial charge in [-0.3, -0.25) is 0 Å². The summed E-state index contributed by atoms with van der Waals surface area (Å²) in [4.78, 5) is 0. The fourth-order valence-electron chi connectivity index (χ4n) is 2.09. The van der Waals surface area contributed by atoms with Crippen LogP contribution in [0.1, 0.15) is 42.9 Å². The van der Waals surface area contributed by atoms with E-state index in [1.165, 1.54) is 16.7 Å². The van der Waals surface area contributed by atoms with Crippen LogP contribution in [0.4, 0.5) is 0 Å². The smallest absolute Gasteiger partial charge is 0.0427 e. The second-order valence-electron chi connectivity index (χ2n) is 5.24. The number of benzene rings is 1. The van der Waals surface area contributed by atoms with Crippen molar-refractivity contribution in [2.24, 2.45) is 0 Å². The van der Waals surface area contributed by atoms with Gasteiger partial charge in [-0.2, -0.15) is 0 Å². The SMILES string of the molecule is C=CCc1c(C)cccc1[C@@H](C)C#CCC(=C)C(=C)C. The molecule has 1 atom stereocenters. The van der Waals surface area contributed by atoms with Gasteiger partial charge in [-0.05, 0) is 49.5 Å². The summed E-state index contributed by atoms with van der Waals surface area (Å²) >= 11 is 0. The minimum Gasteiger partial charge on any atom is -0.103 e. The molecule has 0 heterocycles. The summed E-state index contributed by atoms with van der Waals surface area (Å²) in [6, 6.07) is 6.41. The second-order valence-corrected chi connectivity index (χ2v) is 5.24. The molecule has 1 aromatic rings. The Morgan fingerprint density at radius 2 is 2.05 bits per heavy atom. The van der Waals surface area contributed by atoms with Crippen LogP contribution in [0, 0.1) is 18.8 Å². The van der Waals surface area contributed by atoms with E-state index in [-0.39, 0.29) is 5.92 Å². The molecule has 0 aliphatic heterocycles. The molecule has 0 aliphatic carbocycles. The highest BCUT2D eigenvalue weighted by Gasteiger charge is 2.09. The van der Waals surface area contributed by atoms with Gasteiger partial charge < -0.3 is 0 Å². The number of hydrogen-bond donors (Lipinski definition) is 0. The molecule has 0 bridgehead atoms. The van der Waals surface area contributed by atoms with E-state index in [0.29, 0.717) is 6.42 Å². The Balaban J connectivity index is 2.93. The molecular formula is C20H24. The van der Waals surface area contributed by atoms with Crippen molar-refractivity contribution >= 4 is 0 Å². The monoisotopic (exact) mass is 264 g/mol. The van der Waals surface area contributed by atoms with E-state index in [1.807, 2.05) is 13.0 Å². The fourth-order valence-corrected chi connectivity index (χ4v) is 2.09. The van der Waals surface area contributed by atoms with Crippen LogP contribution in [0.3, 0.4) is 0 Å². The Morgan fingerprint density at radius 1 is 1.35 bits per heavy atom. The highest BCUT2D eigenvalue weighted by atomic mass is 14.1. The van der Waals surface area contributed by atoms with Gasteiger partial charge in [-0.15, -0.1) is 6.58 Å². The third-order valence-electron chi connectivity index (χ3n) is 3.49. The van der Waals surface area contributed by atoms with E-state index in [9.17, 15) is 0 Å². The Bertz CT molecular complexity index is 576. The lowest BCUT2D eigenvalue weighted by Crippen LogP contribution is -1.99. The van der Waals surface area contributed by atoms with E-state index >= 15 is 0 Å². The lowest BCUT2D eigenvalue weighted by atomic mass is 9.91. The first-order valence-electron chi connectivity index (χ1n) is 6.98. The predicted octanol–water partition coefficient (Wildman–Crippen LogP) is 5.35. The van der Waals surface area contributed by atoms with Gasteiger partial charge in [0.15, 0.2) is 0 Å². The van der Waals surface area contributed by atoms with Gasteiger partial charge in [0.05, 0.1) is 0 Å². The zero-order valence-electron chi connectivity index (χ0n) is 12.9. The van der Waals surface area contributed by atoms with Crippen LogP contribution in [0.2, 0.25) is 0 Å². The standard InChI is InChI=1S/C20H24/c1-7-10-19-17(5)13-9-14-20(19)18(6)12-8-11-16(4)15(2)3/h7,9,13-14,18H,1-2,4,10-11H2,3,5-6H3/t18-/m0/s1.